The van der Waals surface area contributed by atoms with Crippen LogP contribution in [0.2, 0.25) is 0 Å². The molecule has 23 heavy (non-hydrogen) atoms. The molecule has 0 aliphatic rings. The maximum Gasteiger partial charge on any atom is 0.453 e. The van der Waals surface area contributed by atoms with E-state index in [1.807, 2.05) is 0 Å². The first kappa shape index (κ1) is 17.5. The summed E-state index contributed by atoms with van der Waals surface area (Å²) in [6.07, 6.45) is -4.05. The highest BCUT2D eigenvalue weighted by atomic mass is 32.1. The van der Waals surface area contributed by atoms with Gasteiger partial charge in [0, 0.05) is 30.1 Å². The number of aryl methyl sites for hydroxylation is 2. The summed E-state index contributed by atoms with van der Waals surface area (Å²) in [5.74, 6) is -0.935. The molecule has 0 aliphatic carbocycles. The molecule has 0 fully saturated rings. The monoisotopic (exact) mass is 347 g/mol. The van der Waals surface area contributed by atoms with Gasteiger partial charge in [-0.1, -0.05) is 0 Å². The third kappa shape index (κ3) is 3.92. The number of aromatic nitrogens is 4. The Morgan fingerprint density at radius 3 is 2.61 bits per heavy atom. The lowest BCUT2D eigenvalue weighted by Gasteiger charge is -2.10. The Kier molecular flexibility index (Phi) is 5.12. The zero-order valence-electron chi connectivity index (χ0n) is 12.6. The zero-order valence-corrected chi connectivity index (χ0v) is 13.5. The molecule has 0 bridgehead atoms. The van der Waals surface area contributed by atoms with Crippen LogP contribution in [-0.2, 0) is 17.4 Å². The predicted molar refractivity (Wildman–Crippen MR) is 80.4 cm³/mol. The first-order valence-corrected chi connectivity index (χ1v) is 7.55. The number of thiol groups is 1. The topological polar surface area (TPSA) is 72.2 Å². The summed E-state index contributed by atoms with van der Waals surface area (Å²) in [6.45, 7) is 3.78. The van der Waals surface area contributed by atoms with E-state index >= 15 is 0 Å². The largest absolute Gasteiger partial charge is 0.453 e. The molecule has 0 spiro atoms. The van der Waals surface area contributed by atoms with Crippen LogP contribution in [-0.4, -0.2) is 37.8 Å². The number of fused-ring (bicyclic) bond motifs is 1. The van der Waals surface area contributed by atoms with Crippen molar-refractivity contribution in [3.8, 4) is 0 Å². The van der Waals surface area contributed by atoms with Crippen molar-refractivity contribution >= 4 is 24.3 Å². The van der Waals surface area contributed by atoms with Crippen LogP contribution in [0.1, 0.15) is 29.2 Å². The molecule has 1 amide bonds. The Balaban J connectivity index is 2.28. The summed E-state index contributed by atoms with van der Waals surface area (Å²) in [6, 6.07) is 0. The Morgan fingerprint density at radius 2 is 2.00 bits per heavy atom. The van der Waals surface area contributed by atoms with E-state index in [1.54, 1.807) is 13.8 Å². The van der Waals surface area contributed by atoms with E-state index in [0.29, 0.717) is 35.7 Å². The summed E-state index contributed by atoms with van der Waals surface area (Å²) < 4.78 is 39.2. The molecule has 0 saturated carbocycles. The van der Waals surface area contributed by atoms with Gasteiger partial charge in [0.2, 0.25) is 5.91 Å². The average molecular weight is 347 g/mol. The standard InChI is InChI=1S/C13H16F3N5OS/c1-7-9(3-4-10(22)17-5-6-23)8(2)21-12(18-7)19-11(20-21)13(14,15)16/h23H,3-6H2,1-2H3,(H,17,22). The first-order valence-electron chi connectivity index (χ1n) is 6.91. The minimum atomic E-state index is -4.62. The summed E-state index contributed by atoms with van der Waals surface area (Å²) in [5, 5.41) is 6.15. The number of nitrogens with one attached hydrogen (secondary N) is 1. The normalized spacial score (nSPS) is 11.9. The number of carbonyl (C=O) groups is 1. The molecular formula is C13H16F3N5OS. The van der Waals surface area contributed by atoms with Crippen LogP contribution in [0.25, 0.3) is 5.78 Å². The van der Waals surface area contributed by atoms with Gasteiger partial charge in [0.15, 0.2) is 0 Å². The van der Waals surface area contributed by atoms with Gasteiger partial charge in [0.25, 0.3) is 11.6 Å². The second kappa shape index (κ2) is 6.73. The Morgan fingerprint density at radius 1 is 1.30 bits per heavy atom. The molecule has 0 atom stereocenters. The van der Waals surface area contributed by atoms with Crippen LogP contribution >= 0.6 is 12.6 Å². The van der Waals surface area contributed by atoms with Crippen LogP contribution in [0.4, 0.5) is 13.2 Å². The highest BCUT2D eigenvalue weighted by Crippen LogP contribution is 2.27. The van der Waals surface area contributed by atoms with Crippen molar-refractivity contribution in [1.29, 1.82) is 0 Å². The molecule has 2 aromatic heterocycles. The van der Waals surface area contributed by atoms with E-state index < -0.39 is 12.0 Å². The van der Waals surface area contributed by atoms with E-state index in [2.05, 4.69) is 33.0 Å². The van der Waals surface area contributed by atoms with Crippen LogP contribution in [0.5, 0.6) is 0 Å². The minimum Gasteiger partial charge on any atom is -0.355 e. The van der Waals surface area contributed by atoms with Crippen LogP contribution in [0, 0.1) is 13.8 Å². The van der Waals surface area contributed by atoms with Crippen molar-refractivity contribution in [3.05, 3.63) is 22.8 Å². The molecule has 10 heteroatoms. The minimum absolute atomic E-state index is 0.101. The number of hydrogen-bond acceptors (Lipinski definition) is 5. The van der Waals surface area contributed by atoms with E-state index in [1.165, 1.54) is 0 Å². The number of amides is 1. The molecule has 0 unspecified atom stereocenters. The van der Waals surface area contributed by atoms with E-state index in [9.17, 15) is 18.0 Å². The van der Waals surface area contributed by atoms with Gasteiger partial charge in [0.05, 0.1) is 0 Å². The predicted octanol–water partition coefficient (Wildman–Crippen LogP) is 1.74. The SMILES string of the molecule is Cc1nc2nc(C(F)(F)F)nn2c(C)c1CCC(=O)NCCS. The van der Waals surface area contributed by atoms with Gasteiger partial charge in [-0.3, -0.25) is 4.79 Å². The number of alkyl halides is 3. The third-order valence-corrected chi connectivity index (χ3v) is 3.56. The summed E-state index contributed by atoms with van der Waals surface area (Å²) in [4.78, 5) is 19.1. The fraction of sp³-hybridized carbons (Fsp3) is 0.538. The molecule has 126 valence electrons. The van der Waals surface area contributed by atoms with Crippen molar-refractivity contribution in [2.45, 2.75) is 32.9 Å². The maximum atomic E-state index is 12.7. The second-order valence-corrected chi connectivity index (χ2v) is 5.43. The highest BCUT2D eigenvalue weighted by molar-refractivity contribution is 7.80. The molecule has 0 radical (unpaired) electrons. The second-order valence-electron chi connectivity index (χ2n) is 4.98. The van der Waals surface area contributed by atoms with Crippen molar-refractivity contribution < 1.29 is 18.0 Å². The van der Waals surface area contributed by atoms with Crippen molar-refractivity contribution in [2.24, 2.45) is 0 Å². The van der Waals surface area contributed by atoms with Gasteiger partial charge in [0.1, 0.15) is 0 Å². The quantitative estimate of drug-likeness (QED) is 0.808. The van der Waals surface area contributed by atoms with Crippen molar-refractivity contribution in [2.75, 3.05) is 12.3 Å². The van der Waals surface area contributed by atoms with E-state index in [0.717, 1.165) is 4.52 Å². The van der Waals surface area contributed by atoms with Gasteiger partial charge in [-0.05, 0) is 25.8 Å². The van der Waals surface area contributed by atoms with E-state index in [-0.39, 0.29) is 18.1 Å². The van der Waals surface area contributed by atoms with Crippen LogP contribution in [0.3, 0.4) is 0 Å². The molecule has 2 rings (SSSR count). The Labute approximate surface area is 135 Å². The molecule has 2 heterocycles. The number of nitrogens with zero attached hydrogens (tertiary/aromatic N) is 4. The van der Waals surface area contributed by atoms with Crippen LogP contribution in [0.15, 0.2) is 0 Å². The first-order chi connectivity index (χ1) is 10.7. The summed E-state index contributed by atoms with van der Waals surface area (Å²) in [7, 11) is 0. The fourth-order valence-electron chi connectivity index (χ4n) is 2.21. The van der Waals surface area contributed by atoms with Gasteiger partial charge in [-0.15, -0.1) is 5.10 Å². The third-order valence-electron chi connectivity index (χ3n) is 3.34. The lowest BCUT2D eigenvalue weighted by molar-refractivity contribution is -0.144. The van der Waals surface area contributed by atoms with Gasteiger partial charge < -0.3 is 5.32 Å². The highest BCUT2D eigenvalue weighted by Gasteiger charge is 2.36. The molecule has 2 aromatic rings. The molecule has 1 N–H and O–H groups in total. The van der Waals surface area contributed by atoms with Gasteiger partial charge in [-0.2, -0.15) is 30.8 Å². The van der Waals surface area contributed by atoms with Gasteiger partial charge in [-0.25, -0.2) is 9.50 Å². The summed E-state index contributed by atoms with van der Waals surface area (Å²) >= 11 is 4.00. The number of carbonyl (C=O) groups excluding carboxylic acids is 1. The lowest BCUT2D eigenvalue weighted by atomic mass is 10.1. The van der Waals surface area contributed by atoms with Gasteiger partial charge >= 0.3 is 6.18 Å². The van der Waals surface area contributed by atoms with Crippen molar-refractivity contribution in [1.82, 2.24) is 24.9 Å². The fourth-order valence-corrected chi connectivity index (χ4v) is 2.32. The number of halogens is 3. The Bertz CT molecular complexity index is 728. The smallest absolute Gasteiger partial charge is 0.355 e. The van der Waals surface area contributed by atoms with Crippen LogP contribution < -0.4 is 5.32 Å². The molecule has 6 nitrogen and oxygen atoms in total. The van der Waals surface area contributed by atoms with E-state index in [4.69, 9.17) is 0 Å². The maximum absolute atomic E-state index is 12.7. The van der Waals surface area contributed by atoms with Crippen molar-refractivity contribution in [3.63, 3.8) is 0 Å². The molecule has 0 saturated heterocycles. The zero-order chi connectivity index (χ0) is 17.2. The lowest BCUT2D eigenvalue weighted by Crippen LogP contribution is -2.25. The number of hydrogen-bond donors (Lipinski definition) is 2. The summed E-state index contributed by atoms with van der Waals surface area (Å²) in [5.41, 5.74) is 1.73. The average Bonchev–Trinajstić information content (AvgIpc) is 2.89. The Hall–Kier alpha value is -1.84. The molecule has 0 aliphatic heterocycles. The molecule has 0 aromatic carbocycles. The molecular weight excluding hydrogens is 331 g/mol. The number of rotatable bonds is 5.